The van der Waals surface area contributed by atoms with E-state index in [4.69, 9.17) is 0 Å². The number of rotatable bonds is 5. The highest BCUT2D eigenvalue weighted by Crippen LogP contribution is 2.28. The van der Waals surface area contributed by atoms with E-state index in [9.17, 15) is 4.39 Å². The summed E-state index contributed by atoms with van der Waals surface area (Å²) in [7, 11) is 0. The second-order valence-electron chi connectivity index (χ2n) is 6.61. The van der Waals surface area contributed by atoms with Gasteiger partial charge in [-0.15, -0.1) is 0 Å². The lowest BCUT2D eigenvalue weighted by atomic mass is 10.0. The van der Waals surface area contributed by atoms with Gasteiger partial charge in [-0.3, -0.25) is 9.88 Å². The molecule has 0 atom stereocenters. The van der Waals surface area contributed by atoms with Gasteiger partial charge in [0.15, 0.2) is 0 Å². The molecule has 1 aromatic carbocycles. The number of halogens is 1. The number of nitrogens with zero attached hydrogens (tertiary/aromatic N) is 2. The Kier molecular flexibility index (Phi) is 4.30. The van der Waals surface area contributed by atoms with Crippen LogP contribution in [0.15, 0.2) is 42.7 Å². The van der Waals surface area contributed by atoms with E-state index >= 15 is 0 Å². The van der Waals surface area contributed by atoms with Crippen LogP contribution in [0, 0.1) is 5.82 Å². The number of hydrogen-bond donors (Lipinski definition) is 1. The van der Waals surface area contributed by atoms with Crippen LogP contribution in [0.25, 0.3) is 10.9 Å². The Morgan fingerprint density at radius 2 is 2.00 bits per heavy atom. The summed E-state index contributed by atoms with van der Waals surface area (Å²) in [6.07, 6.45) is 8.24. The highest BCUT2D eigenvalue weighted by Gasteiger charge is 2.20. The van der Waals surface area contributed by atoms with Crippen molar-refractivity contribution in [3.8, 4) is 0 Å². The van der Waals surface area contributed by atoms with Crippen LogP contribution in [0.5, 0.6) is 0 Å². The molecule has 0 amide bonds. The van der Waals surface area contributed by atoms with Crippen molar-refractivity contribution in [1.29, 1.82) is 0 Å². The molecule has 0 spiro atoms. The fourth-order valence-corrected chi connectivity index (χ4v) is 3.67. The Balaban J connectivity index is 1.34. The van der Waals surface area contributed by atoms with Crippen LogP contribution in [-0.4, -0.2) is 28.0 Å². The van der Waals surface area contributed by atoms with E-state index in [1.807, 2.05) is 18.5 Å². The summed E-state index contributed by atoms with van der Waals surface area (Å²) in [6.45, 7) is 3.13. The molecule has 4 heteroatoms. The van der Waals surface area contributed by atoms with E-state index < -0.39 is 0 Å². The number of fused-ring (bicyclic) bond motifs is 3. The minimum atomic E-state index is -0.150. The summed E-state index contributed by atoms with van der Waals surface area (Å²) in [4.78, 5) is 10.0. The largest absolute Gasteiger partial charge is 0.357 e. The highest BCUT2D eigenvalue weighted by molar-refractivity contribution is 5.85. The maximum atomic E-state index is 13.5. The van der Waals surface area contributed by atoms with E-state index in [2.05, 4.69) is 27.0 Å². The molecule has 4 rings (SSSR count). The number of pyridine rings is 1. The van der Waals surface area contributed by atoms with Crippen LogP contribution in [0.2, 0.25) is 0 Å². The number of aromatic nitrogens is 2. The van der Waals surface area contributed by atoms with Crippen LogP contribution >= 0.6 is 0 Å². The Bertz CT molecular complexity index is 826. The van der Waals surface area contributed by atoms with Gasteiger partial charge in [0.05, 0.1) is 0 Å². The number of unbranched alkanes of at least 4 members (excludes halogenated alkanes) is 1. The molecule has 0 unspecified atom stereocenters. The maximum absolute atomic E-state index is 13.5. The van der Waals surface area contributed by atoms with Crippen molar-refractivity contribution >= 4 is 10.9 Å². The zero-order valence-electron chi connectivity index (χ0n) is 13.8. The summed E-state index contributed by atoms with van der Waals surface area (Å²) in [5.41, 5.74) is 4.98. The summed E-state index contributed by atoms with van der Waals surface area (Å²) < 4.78 is 13.5. The van der Waals surface area contributed by atoms with Gasteiger partial charge in [0.2, 0.25) is 0 Å². The average molecular weight is 323 g/mol. The Morgan fingerprint density at radius 3 is 2.88 bits per heavy atom. The summed E-state index contributed by atoms with van der Waals surface area (Å²) in [5.74, 6) is -0.150. The number of H-pyrrole nitrogens is 1. The fourth-order valence-electron chi connectivity index (χ4n) is 3.67. The standard InChI is InChI=1S/C20H22FN3/c21-16-4-5-19-18(13-16)17-8-12-24(14-20(17)23-19)11-2-1-3-15-6-9-22-10-7-15/h4-7,9-10,13,23H,1-3,8,11-12,14H2. The first-order valence-electron chi connectivity index (χ1n) is 8.70. The molecule has 1 aliphatic rings. The van der Waals surface area contributed by atoms with Gasteiger partial charge < -0.3 is 4.98 Å². The van der Waals surface area contributed by atoms with Gasteiger partial charge in [0.1, 0.15) is 5.82 Å². The van der Waals surface area contributed by atoms with Crippen molar-refractivity contribution in [1.82, 2.24) is 14.9 Å². The predicted molar refractivity (Wildman–Crippen MR) is 94.4 cm³/mol. The molecule has 24 heavy (non-hydrogen) atoms. The summed E-state index contributed by atoms with van der Waals surface area (Å²) in [5, 5.41) is 1.06. The molecule has 2 aromatic heterocycles. The quantitative estimate of drug-likeness (QED) is 0.717. The molecule has 124 valence electrons. The van der Waals surface area contributed by atoms with Gasteiger partial charge in [-0.25, -0.2) is 4.39 Å². The fraction of sp³-hybridized carbons (Fsp3) is 0.350. The Morgan fingerprint density at radius 1 is 1.12 bits per heavy atom. The van der Waals surface area contributed by atoms with E-state index in [0.29, 0.717) is 0 Å². The monoisotopic (exact) mass is 323 g/mol. The minimum absolute atomic E-state index is 0.150. The number of hydrogen-bond acceptors (Lipinski definition) is 2. The lowest BCUT2D eigenvalue weighted by molar-refractivity contribution is 0.247. The van der Waals surface area contributed by atoms with Crippen molar-refractivity contribution in [2.75, 3.05) is 13.1 Å². The SMILES string of the molecule is Fc1ccc2[nH]c3c(c2c1)CCN(CCCCc1ccncc1)C3. The molecule has 0 saturated heterocycles. The van der Waals surface area contributed by atoms with Crippen LogP contribution < -0.4 is 0 Å². The molecule has 3 nitrogen and oxygen atoms in total. The van der Waals surface area contributed by atoms with E-state index in [1.54, 1.807) is 6.07 Å². The van der Waals surface area contributed by atoms with Gasteiger partial charge in [0.25, 0.3) is 0 Å². The molecular weight excluding hydrogens is 301 g/mol. The van der Waals surface area contributed by atoms with Crippen LogP contribution in [0.1, 0.15) is 29.7 Å². The van der Waals surface area contributed by atoms with Crippen LogP contribution in [0.4, 0.5) is 4.39 Å². The van der Waals surface area contributed by atoms with Crippen LogP contribution in [-0.2, 0) is 19.4 Å². The molecule has 0 fully saturated rings. The number of benzene rings is 1. The first-order chi connectivity index (χ1) is 11.8. The van der Waals surface area contributed by atoms with Crippen molar-refractivity contribution in [3.05, 3.63) is 65.4 Å². The van der Waals surface area contributed by atoms with Crippen LogP contribution in [0.3, 0.4) is 0 Å². The smallest absolute Gasteiger partial charge is 0.123 e. The van der Waals surface area contributed by atoms with Gasteiger partial charge in [-0.1, -0.05) is 0 Å². The van der Waals surface area contributed by atoms with Crippen molar-refractivity contribution in [2.24, 2.45) is 0 Å². The van der Waals surface area contributed by atoms with E-state index in [1.165, 1.54) is 35.7 Å². The first kappa shape index (κ1) is 15.3. The van der Waals surface area contributed by atoms with Gasteiger partial charge in [0, 0.05) is 42.1 Å². The average Bonchev–Trinajstić information content (AvgIpc) is 2.97. The molecule has 3 heterocycles. The lowest BCUT2D eigenvalue weighted by Crippen LogP contribution is -2.31. The molecular formula is C20H22FN3. The Labute approximate surface area is 141 Å². The molecule has 1 aliphatic heterocycles. The van der Waals surface area contributed by atoms with E-state index in [-0.39, 0.29) is 5.82 Å². The second-order valence-corrected chi connectivity index (χ2v) is 6.61. The number of nitrogens with one attached hydrogen (secondary N) is 1. The minimum Gasteiger partial charge on any atom is -0.357 e. The van der Waals surface area contributed by atoms with Crippen molar-refractivity contribution in [2.45, 2.75) is 32.2 Å². The summed E-state index contributed by atoms with van der Waals surface area (Å²) in [6, 6.07) is 9.23. The van der Waals surface area contributed by atoms with E-state index in [0.717, 1.165) is 43.4 Å². The predicted octanol–water partition coefficient (Wildman–Crippen LogP) is 4.08. The van der Waals surface area contributed by atoms with Gasteiger partial charge >= 0.3 is 0 Å². The van der Waals surface area contributed by atoms with Crippen molar-refractivity contribution < 1.29 is 4.39 Å². The van der Waals surface area contributed by atoms with Gasteiger partial charge in [-0.2, -0.15) is 0 Å². The lowest BCUT2D eigenvalue weighted by Gasteiger charge is -2.26. The van der Waals surface area contributed by atoms with Crippen molar-refractivity contribution in [3.63, 3.8) is 0 Å². The molecule has 1 N–H and O–H groups in total. The van der Waals surface area contributed by atoms with Gasteiger partial charge in [-0.05, 0) is 73.7 Å². The first-order valence-corrected chi connectivity index (χ1v) is 8.70. The third-order valence-corrected chi connectivity index (χ3v) is 4.96. The third kappa shape index (κ3) is 3.20. The molecule has 0 bridgehead atoms. The Hall–Kier alpha value is -2.20. The highest BCUT2D eigenvalue weighted by atomic mass is 19.1. The zero-order chi connectivity index (χ0) is 16.4. The molecule has 0 radical (unpaired) electrons. The number of aromatic amines is 1. The maximum Gasteiger partial charge on any atom is 0.123 e. The number of aryl methyl sites for hydroxylation is 1. The summed E-state index contributed by atoms with van der Waals surface area (Å²) >= 11 is 0. The second kappa shape index (κ2) is 6.73. The normalized spacial score (nSPS) is 14.9. The zero-order valence-corrected chi connectivity index (χ0v) is 13.8. The molecule has 0 aliphatic carbocycles. The third-order valence-electron chi connectivity index (χ3n) is 4.96. The molecule has 0 saturated carbocycles. The molecule has 3 aromatic rings. The topological polar surface area (TPSA) is 31.9 Å².